The lowest BCUT2D eigenvalue weighted by Crippen LogP contribution is -2.35. The van der Waals surface area contributed by atoms with Crippen LogP contribution in [0, 0.1) is 5.92 Å². The number of ether oxygens (including phenoxy) is 3. The number of hydrogen-bond acceptors (Lipinski definition) is 4. The van der Waals surface area contributed by atoms with Gasteiger partial charge in [0.25, 0.3) is 0 Å². The van der Waals surface area contributed by atoms with Gasteiger partial charge in [-0.1, -0.05) is 30.2 Å². The van der Waals surface area contributed by atoms with E-state index in [0.717, 1.165) is 24.0 Å². The number of rotatable bonds is 8. The number of benzene rings is 2. The van der Waals surface area contributed by atoms with Crippen molar-refractivity contribution in [3.63, 3.8) is 0 Å². The van der Waals surface area contributed by atoms with Gasteiger partial charge in [-0.2, -0.15) is 0 Å². The van der Waals surface area contributed by atoms with Crippen LogP contribution in [0.2, 0.25) is 5.02 Å². The van der Waals surface area contributed by atoms with Crippen molar-refractivity contribution < 1.29 is 19.0 Å². The van der Waals surface area contributed by atoms with Crippen LogP contribution in [0.15, 0.2) is 42.5 Å². The van der Waals surface area contributed by atoms with Crippen LogP contribution in [0.5, 0.6) is 17.2 Å². The third-order valence-corrected chi connectivity index (χ3v) is 5.51. The zero-order chi connectivity index (χ0) is 20.8. The Labute approximate surface area is 176 Å². The van der Waals surface area contributed by atoms with Crippen molar-refractivity contribution in [2.24, 2.45) is 5.92 Å². The average Bonchev–Trinajstić information content (AvgIpc) is 2.70. The molecule has 0 saturated heterocycles. The van der Waals surface area contributed by atoms with E-state index < -0.39 is 0 Å². The Balaban J connectivity index is 1.76. The van der Waals surface area contributed by atoms with Crippen molar-refractivity contribution in [2.75, 3.05) is 21.3 Å². The second kappa shape index (κ2) is 9.70. The molecule has 1 saturated carbocycles. The summed E-state index contributed by atoms with van der Waals surface area (Å²) >= 11 is 6.01. The van der Waals surface area contributed by atoms with E-state index in [1.807, 2.05) is 24.3 Å². The van der Waals surface area contributed by atoms with Crippen molar-refractivity contribution in [1.82, 2.24) is 5.32 Å². The first-order valence-electron chi connectivity index (χ1n) is 9.59. The average molecular weight is 416 g/mol. The van der Waals surface area contributed by atoms with Crippen LogP contribution in [0.4, 0.5) is 0 Å². The second-order valence-corrected chi connectivity index (χ2v) is 7.46. The largest absolute Gasteiger partial charge is 0.493 e. The van der Waals surface area contributed by atoms with Gasteiger partial charge in [0.05, 0.1) is 27.4 Å². The molecule has 154 valence electrons. The minimum Gasteiger partial charge on any atom is -0.493 e. The van der Waals surface area contributed by atoms with Gasteiger partial charge in [-0.05, 0) is 60.2 Å². The molecule has 1 fully saturated rings. The highest BCUT2D eigenvalue weighted by molar-refractivity contribution is 6.30. The van der Waals surface area contributed by atoms with Crippen LogP contribution in [0.25, 0.3) is 6.08 Å². The van der Waals surface area contributed by atoms with Crippen LogP contribution >= 0.6 is 11.6 Å². The smallest absolute Gasteiger partial charge is 0.244 e. The SMILES string of the molecule is COc1cc(C=CC(=O)NC(c2ccc(Cl)cc2)C2CCC2)cc(OC)c1OC. The van der Waals surface area contributed by atoms with Crippen molar-refractivity contribution in [3.8, 4) is 17.2 Å². The van der Waals surface area contributed by atoms with Gasteiger partial charge in [-0.3, -0.25) is 4.79 Å². The normalized spacial score (nSPS) is 14.9. The lowest BCUT2D eigenvalue weighted by Gasteiger charge is -2.34. The number of carbonyl (C=O) groups excluding carboxylic acids is 1. The van der Waals surface area contributed by atoms with Gasteiger partial charge < -0.3 is 19.5 Å². The maximum absolute atomic E-state index is 12.6. The number of nitrogens with one attached hydrogen (secondary N) is 1. The molecule has 0 radical (unpaired) electrons. The number of methoxy groups -OCH3 is 3. The molecular formula is C23H26ClNO4. The van der Waals surface area contributed by atoms with Gasteiger partial charge in [0.1, 0.15) is 0 Å². The molecule has 1 aliphatic carbocycles. The fourth-order valence-corrected chi connectivity index (χ4v) is 3.61. The predicted molar refractivity (Wildman–Crippen MR) is 115 cm³/mol. The number of carbonyl (C=O) groups is 1. The Morgan fingerprint density at radius 1 is 1.07 bits per heavy atom. The van der Waals surface area contributed by atoms with Gasteiger partial charge in [-0.25, -0.2) is 0 Å². The molecule has 0 heterocycles. The Kier molecular flexibility index (Phi) is 7.04. The minimum absolute atomic E-state index is 0.0156. The van der Waals surface area contributed by atoms with Gasteiger partial charge in [0.15, 0.2) is 11.5 Å². The van der Waals surface area contributed by atoms with Crippen LogP contribution in [0.3, 0.4) is 0 Å². The monoisotopic (exact) mass is 415 g/mol. The van der Waals surface area contributed by atoms with Gasteiger partial charge >= 0.3 is 0 Å². The Morgan fingerprint density at radius 2 is 1.69 bits per heavy atom. The van der Waals surface area contributed by atoms with E-state index in [4.69, 9.17) is 25.8 Å². The Bertz CT molecular complexity index is 850. The zero-order valence-electron chi connectivity index (χ0n) is 16.9. The topological polar surface area (TPSA) is 56.8 Å². The molecule has 3 rings (SSSR count). The van der Waals surface area contributed by atoms with Crippen molar-refractivity contribution in [2.45, 2.75) is 25.3 Å². The molecule has 6 heteroatoms. The quantitative estimate of drug-likeness (QED) is 0.614. The molecule has 29 heavy (non-hydrogen) atoms. The zero-order valence-corrected chi connectivity index (χ0v) is 17.7. The summed E-state index contributed by atoms with van der Waals surface area (Å²) in [7, 11) is 4.68. The Hall–Kier alpha value is -2.66. The molecule has 1 aliphatic rings. The molecule has 1 N–H and O–H groups in total. The number of halogens is 1. The lowest BCUT2D eigenvalue weighted by molar-refractivity contribution is -0.117. The molecule has 0 bridgehead atoms. The van der Waals surface area contributed by atoms with E-state index in [1.165, 1.54) is 12.5 Å². The summed E-state index contributed by atoms with van der Waals surface area (Å²) in [5.74, 6) is 1.91. The minimum atomic E-state index is -0.148. The summed E-state index contributed by atoms with van der Waals surface area (Å²) < 4.78 is 16.1. The van der Waals surface area contributed by atoms with E-state index in [0.29, 0.717) is 28.2 Å². The van der Waals surface area contributed by atoms with Crippen LogP contribution in [-0.2, 0) is 4.79 Å². The van der Waals surface area contributed by atoms with Gasteiger partial charge in [0.2, 0.25) is 11.7 Å². The number of hydrogen-bond donors (Lipinski definition) is 1. The summed E-state index contributed by atoms with van der Waals surface area (Å²) in [6, 6.07) is 11.3. The first-order valence-corrected chi connectivity index (χ1v) is 9.97. The fourth-order valence-electron chi connectivity index (χ4n) is 3.49. The first-order chi connectivity index (χ1) is 14.0. The molecule has 5 nitrogen and oxygen atoms in total. The highest BCUT2D eigenvalue weighted by atomic mass is 35.5. The maximum Gasteiger partial charge on any atom is 0.244 e. The van der Waals surface area contributed by atoms with Crippen molar-refractivity contribution >= 4 is 23.6 Å². The molecular weight excluding hydrogens is 390 g/mol. The molecule has 0 spiro atoms. The Morgan fingerprint density at radius 3 is 2.17 bits per heavy atom. The van der Waals surface area contributed by atoms with Crippen molar-refractivity contribution in [3.05, 3.63) is 58.6 Å². The predicted octanol–water partition coefficient (Wildman–Crippen LogP) is 5.04. The summed E-state index contributed by atoms with van der Waals surface area (Å²) in [6.45, 7) is 0. The molecule has 2 aromatic rings. The van der Waals surface area contributed by atoms with E-state index >= 15 is 0 Å². The van der Waals surface area contributed by atoms with E-state index in [9.17, 15) is 4.79 Å². The first kappa shape index (κ1) is 21.1. The molecule has 1 unspecified atom stereocenters. The van der Waals surface area contributed by atoms with E-state index in [-0.39, 0.29) is 11.9 Å². The second-order valence-electron chi connectivity index (χ2n) is 7.02. The van der Waals surface area contributed by atoms with Crippen LogP contribution in [-0.4, -0.2) is 27.2 Å². The van der Waals surface area contributed by atoms with Crippen LogP contribution < -0.4 is 19.5 Å². The third kappa shape index (κ3) is 5.04. The highest BCUT2D eigenvalue weighted by Gasteiger charge is 2.29. The summed E-state index contributed by atoms with van der Waals surface area (Å²) in [6.07, 6.45) is 6.70. The third-order valence-electron chi connectivity index (χ3n) is 5.26. The van der Waals surface area contributed by atoms with Gasteiger partial charge in [0, 0.05) is 11.1 Å². The van der Waals surface area contributed by atoms with Crippen LogP contribution in [0.1, 0.15) is 36.4 Å². The molecule has 1 amide bonds. The molecule has 2 aromatic carbocycles. The summed E-state index contributed by atoms with van der Waals surface area (Å²) in [4.78, 5) is 12.6. The fraction of sp³-hybridized carbons (Fsp3) is 0.348. The molecule has 1 atom stereocenters. The summed E-state index contributed by atoms with van der Waals surface area (Å²) in [5, 5.41) is 3.84. The van der Waals surface area contributed by atoms with E-state index in [2.05, 4.69) is 5.32 Å². The number of amides is 1. The van der Waals surface area contributed by atoms with Gasteiger partial charge in [-0.15, -0.1) is 0 Å². The highest BCUT2D eigenvalue weighted by Crippen LogP contribution is 2.39. The lowest BCUT2D eigenvalue weighted by atomic mass is 9.77. The molecule has 0 aromatic heterocycles. The maximum atomic E-state index is 12.6. The molecule has 0 aliphatic heterocycles. The van der Waals surface area contributed by atoms with E-state index in [1.54, 1.807) is 39.5 Å². The standard InChI is InChI=1S/C23H26ClNO4/c1-27-19-13-15(14-20(28-2)23(19)29-3)7-12-21(26)25-22(16-5-4-6-16)17-8-10-18(24)11-9-17/h7-14,16,22H,4-6H2,1-3H3,(H,25,26). The summed E-state index contributed by atoms with van der Waals surface area (Å²) in [5.41, 5.74) is 1.86. The van der Waals surface area contributed by atoms with Crippen molar-refractivity contribution in [1.29, 1.82) is 0 Å².